The largest absolute Gasteiger partial charge is 0.493 e. The van der Waals surface area contributed by atoms with Gasteiger partial charge < -0.3 is 14.8 Å². The molecule has 0 aliphatic rings. The van der Waals surface area contributed by atoms with Gasteiger partial charge in [-0.2, -0.15) is 5.26 Å². The molecule has 5 heteroatoms. The summed E-state index contributed by atoms with van der Waals surface area (Å²) in [7, 11) is 3.03. The Hall–Kier alpha value is -2.48. The molecule has 0 saturated carbocycles. The first-order valence-electron chi connectivity index (χ1n) is 7.34. The van der Waals surface area contributed by atoms with Crippen molar-refractivity contribution < 1.29 is 14.3 Å². The first-order valence-corrected chi connectivity index (χ1v) is 7.34. The van der Waals surface area contributed by atoms with Crippen LogP contribution >= 0.6 is 0 Å². The summed E-state index contributed by atoms with van der Waals surface area (Å²) in [6.45, 7) is 7.98. The molecule has 0 heterocycles. The predicted molar refractivity (Wildman–Crippen MR) is 89.3 cm³/mol. The minimum absolute atomic E-state index is 0.104. The van der Waals surface area contributed by atoms with E-state index in [-0.39, 0.29) is 11.3 Å². The fraction of sp³-hybridized carbons (Fsp3) is 0.444. The second kappa shape index (κ2) is 7.68. The van der Waals surface area contributed by atoms with Crippen molar-refractivity contribution in [2.24, 2.45) is 5.41 Å². The van der Waals surface area contributed by atoms with Crippen molar-refractivity contribution in [2.45, 2.75) is 33.7 Å². The molecule has 1 amide bonds. The number of hydrogen-bond donors (Lipinski definition) is 1. The molecule has 0 aliphatic heterocycles. The lowest BCUT2D eigenvalue weighted by Crippen LogP contribution is -2.27. The van der Waals surface area contributed by atoms with E-state index in [1.807, 2.05) is 27.7 Å². The molecule has 5 nitrogen and oxygen atoms in total. The van der Waals surface area contributed by atoms with Crippen molar-refractivity contribution >= 4 is 5.91 Å². The van der Waals surface area contributed by atoms with Gasteiger partial charge in [-0.15, -0.1) is 0 Å². The van der Waals surface area contributed by atoms with Gasteiger partial charge in [-0.05, 0) is 18.4 Å². The SMILES string of the molecule is COc1cccc(C(C#N)NC(=O)/C=C(/C)C(C)(C)C)c1OC. The molecule has 0 spiro atoms. The Bertz CT molecular complexity index is 637. The van der Waals surface area contributed by atoms with Crippen LogP contribution in [0.2, 0.25) is 0 Å². The van der Waals surface area contributed by atoms with Crippen molar-refractivity contribution in [2.75, 3.05) is 14.2 Å². The minimum atomic E-state index is -0.823. The third kappa shape index (κ3) is 4.75. The van der Waals surface area contributed by atoms with Crippen LogP contribution in [0, 0.1) is 16.7 Å². The van der Waals surface area contributed by atoms with Gasteiger partial charge >= 0.3 is 0 Å². The summed E-state index contributed by atoms with van der Waals surface area (Å²) in [5.74, 6) is 0.646. The molecular weight excluding hydrogens is 292 g/mol. The van der Waals surface area contributed by atoms with Gasteiger partial charge in [0.1, 0.15) is 6.04 Å². The molecule has 1 rings (SSSR count). The number of para-hydroxylation sites is 1. The molecular formula is C18H24N2O3. The summed E-state index contributed by atoms with van der Waals surface area (Å²) in [5.41, 5.74) is 1.39. The molecule has 1 unspecified atom stereocenters. The highest BCUT2D eigenvalue weighted by Crippen LogP contribution is 2.34. The third-order valence-corrected chi connectivity index (χ3v) is 3.69. The van der Waals surface area contributed by atoms with Crippen molar-refractivity contribution in [1.29, 1.82) is 5.26 Å². The summed E-state index contributed by atoms with van der Waals surface area (Å²) in [6.07, 6.45) is 1.52. The molecule has 0 fully saturated rings. The highest BCUT2D eigenvalue weighted by Gasteiger charge is 2.21. The first kappa shape index (κ1) is 18.6. The monoisotopic (exact) mass is 316 g/mol. The molecule has 0 bridgehead atoms. The Morgan fingerprint density at radius 2 is 1.96 bits per heavy atom. The zero-order valence-corrected chi connectivity index (χ0v) is 14.6. The fourth-order valence-electron chi connectivity index (χ4n) is 1.92. The third-order valence-electron chi connectivity index (χ3n) is 3.69. The standard InChI is InChI=1S/C18H24N2O3/c1-12(18(2,3)4)10-16(21)20-14(11-19)13-8-7-9-15(22-5)17(13)23-6/h7-10,14H,1-6H3,(H,20,21)/b12-10-. The molecule has 0 aromatic heterocycles. The maximum Gasteiger partial charge on any atom is 0.245 e. The van der Waals surface area contributed by atoms with E-state index < -0.39 is 6.04 Å². The molecule has 1 atom stereocenters. The van der Waals surface area contributed by atoms with Crippen LogP contribution in [-0.4, -0.2) is 20.1 Å². The second-order valence-corrected chi connectivity index (χ2v) is 6.23. The summed E-state index contributed by atoms with van der Waals surface area (Å²) >= 11 is 0. The molecule has 124 valence electrons. The van der Waals surface area contributed by atoms with Crippen LogP contribution < -0.4 is 14.8 Å². The van der Waals surface area contributed by atoms with E-state index in [1.165, 1.54) is 20.3 Å². The van der Waals surface area contributed by atoms with Gasteiger partial charge in [0.25, 0.3) is 0 Å². The Balaban J connectivity index is 3.08. The molecule has 23 heavy (non-hydrogen) atoms. The number of hydrogen-bond acceptors (Lipinski definition) is 4. The van der Waals surface area contributed by atoms with Gasteiger partial charge in [0, 0.05) is 11.6 Å². The Morgan fingerprint density at radius 3 is 2.43 bits per heavy atom. The van der Waals surface area contributed by atoms with Gasteiger partial charge in [-0.1, -0.05) is 38.5 Å². The quantitative estimate of drug-likeness (QED) is 0.845. The molecule has 0 aliphatic carbocycles. The van der Waals surface area contributed by atoms with Crippen LogP contribution in [0.15, 0.2) is 29.8 Å². The van der Waals surface area contributed by atoms with Gasteiger partial charge in [0.2, 0.25) is 5.91 Å². The molecule has 0 saturated heterocycles. The fourth-order valence-corrected chi connectivity index (χ4v) is 1.92. The van der Waals surface area contributed by atoms with Crippen molar-refractivity contribution in [3.05, 3.63) is 35.4 Å². The van der Waals surface area contributed by atoms with Gasteiger partial charge in [-0.3, -0.25) is 4.79 Å². The molecule has 1 N–H and O–H groups in total. The number of amides is 1. The van der Waals surface area contributed by atoms with Gasteiger partial charge in [0.15, 0.2) is 11.5 Å². The van der Waals surface area contributed by atoms with E-state index in [1.54, 1.807) is 18.2 Å². The first-order chi connectivity index (χ1) is 10.7. The van der Waals surface area contributed by atoms with Crippen LogP contribution in [0.25, 0.3) is 0 Å². The summed E-state index contributed by atoms with van der Waals surface area (Å²) in [5, 5.41) is 12.1. The number of rotatable bonds is 5. The van der Waals surface area contributed by atoms with Crippen LogP contribution in [0.4, 0.5) is 0 Å². The predicted octanol–water partition coefficient (Wildman–Crippen LogP) is 3.38. The Morgan fingerprint density at radius 1 is 1.30 bits per heavy atom. The lowest BCUT2D eigenvalue weighted by atomic mass is 9.87. The molecule has 0 radical (unpaired) electrons. The van der Waals surface area contributed by atoms with Crippen molar-refractivity contribution in [3.63, 3.8) is 0 Å². The Kier molecular flexibility index (Phi) is 6.20. The average molecular weight is 316 g/mol. The number of carbonyl (C=O) groups excluding carboxylic acids is 1. The maximum atomic E-state index is 12.2. The second-order valence-electron chi connectivity index (χ2n) is 6.23. The number of ether oxygens (including phenoxy) is 2. The highest BCUT2D eigenvalue weighted by molar-refractivity contribution is 5.89. The van der Waals surface area contributed by atoms with Crippen LogP contribution in [-0.2, 0) is 4.79 Å². The maximum absolute atomic E-state index is 12.2. The number of allylic oxidation sites excluding steroid dienone is 1. The van der Waals surface area contributed by atoms with Gasteiger partial charge in [0.05, 0.1) is 20.3 Å². The Labute approximate surface area is 137 Å². The number of benzene rings is 1. The van der Waals surface area contributed by atoms with E-state index in [4.69, 9.17) is 9.47 Å². The van der Waals surface area contributed by atoms with Crippen LogP contribution in [0.3, 0.4) is 0 Å². The topological polar surface area (TPSA) is 71.3 Å². The number of nitrogens with zero attached hydrogens (tertiary/aromatic N) is 1. The summed E-state index contributed by atoms with van der Waals surface area (Å²) in [6, 6.07) is 6.49. The lowest BCUT2D eigenvalue weighted by Gasteiger charge is -2.20. The zero-order valence-electron chi connectivity index (χ0n) is 14.6. The molecule has 1 aromatic carbocycles. The number of nitrogens with one attached hydrogen (secondary N) is 1. The van der Waals surface area contributed by atoms with Gasteiger partial charge in [-0.25, -0.2) is 0 Å². The van der Waals surface area contributed by atoms with Crippen molar-refractivity contribution in [3.8, 4) is 17.6 Å². The normalized spacial score (nSPS) is 13.0. The minimum Gasteiger partial charge on any atom is -0.493 e. The zero-order chi connectivity index (χ0) is 17.6. The number of nitriles is 1. The highest BCUT2D eigenvalue weighted by atomic mass is 16.5. The van der Waals surface area contributed by atoms with E-state index in [2.05, 4.69) is 11.4 Å². The van der Waals surface area contributed by atoms with E-state index >= 15 is 0 Å². The van der Waals surface area contributed by atoms with Crippen LogP contribution in [0.1, 0.15) is 39.3 Å². The summed E-state index contributed by atoms with van der Waals surface area (Å²) in [4.78, 5) is 12.2. The number of methoxy groups -OCH3 is 2. The van der Waals surface area contributed by atoms with Crippen LogP contribution in [0.5, 0.6) is 11.5 Å². The lowest BCUT2D eigenvalue weighted by molar-refractivity contribution is -0.117. The van der Waals surface area contributed by atoms with E-state index in [9.17, 15) is 10.1 Å². The summed E-state index contributed by atoms with van der Waals surface area (Å²) < 4.78 is 10.6. The van der Waals surface area contributed by atoms with Crippen molar-refractivity contribution in [1.82, 2.24) is 5.32 Å². The average Bonchev–Trinajstić information content (AvgIpc) is 2.50. The smallest absolute Gasteiger partial charge is 0.245 e. The number of carbonyl (C=O) groups is 1. The van der Waals surface area contributed by atoms with E-state index in [0.717, 1.165) is 5.57 Å². The van der Waals surface area contributed by atoms with E-state index in [0.29, 0.717) is 17.1 Å². The molecule has 1 aromatic rings.